The number of morpholine rings is 1. The maximum Gasteiger partial charge on any atom is 0.336 e. The number of ether oxygens (including phenoxy) is 2. The number of esters is 1. The van der Waals surface area contributed by atoms with Gasteiger partial charge in [-0.2, -0.15) is 0 Å². The van der Waals surface area contributed by atoms with E-state index in [2.05, 4.69) is 4.74 Å². The van der Waals surface area contributed by atoms with Gasteiger partial charge in [-0.15, -0.1) is 11.3 Å². The third-order valence-electron chi connectivity index (χ3n) is 2.78. The number of carbonyl (C=O) groups excluding carboxylic acids is 2. The number of rotatable bonds is 3. The minimum Gasteiger partial charge on any atom is -0.467 e. The Hall–Kier alpha value is -1.66. The van der Waals surface area contributed by atoms with Gasteiger partial charge >= 0.3 is 5.97 Å². The van der Waals surface area contributed by atoms with E-state index in [1.807, 2.05) is 17.5 Å². The minimum atomic E-state index is -0.683. The summed E-state index contributed by atoms with van der Waals surface area (Å²) in [7, 11) is 1.31. The Morgan fingerprint density at radius 3 is 3.11 bits per heavy atom. The number of nitrogens with zero attached hydrogens (tertiary/aromatic N) is 1. The molecule has 5 nitrogen and oxygen atoms in total. The summed E-state index contributed by atoms with van der Waals surface area (Å²) in [5, 5.41) is 1.95. The van der Waals surface area contributed by atoms with Crippen LogP contribution in [0.15, 0.2) is 23.6 Å². The minimum absolute atomic E-state index is 0.120. The fourth-order valence-electron chi connectivity index (χ4n) is 1.77. The van der Waals surface area contributed by atoms with Gasteiger partial charge in [0.05, 0.1) is 20.3 Å². The topological polar surface area (TPSA) is 55.8 Å². The van der Waals surface area contributed by atoms with Crippen LogP contribution >= 0.6 is 11.3 Å². The van der Waals surface area contributed by atoms with Crippen molar-refractivity contribution < 1.29 is 19.1 Å². The quantitative estimate of drug-likeness (QED) is 0.616. The first-order chi connectivity index (χ1) is 9.20. The molecule has 6 heteroatoms. The zero-order valence-electron chi connectivity index (χ0n) is 10.6. The Labute approximate surface area is 115 Å². The van der Waals surface area contributed by atoms with Crippen LogP contribution in [0.3, 0.4) is 0 Å². The lowest BCUT2D eigenvalue weighted by Crippen LogP contribution is -2.48. The summed E-state index contributed by atoms with van der Waals surface area (Å²) in [6, 6.07) is 3.86. The van der Waals surface area contributed by atoms with Crippen LogP contribution in [-0.2, 0) is 19.1 Å². The molecule has 1 atom stereocenters. The molecule has 1 saturated heterocycles. The molecule has 1 aliphatic rings. The Morgan fingerprint density at radius 2 is 2.42 bits per heavy atom. The lowest BCUT2D eigenvalue weighted by atomic mass is 10.2. The Morgan fingerprint density at radius 1 is 1.58 bits per heavy atom. The SMILES string of the molecule is COC(=O)C1CN(C(=O)/C=C/c2cccs2)CCO1. The molecule has 1 unspecified atom stereocenters. The molecule has 0 saturated carbocycles. The molecular formula is C13H15NO4S. The summed E-state index contributed by atoms with van der Waals surface area (Å²) in [6.07, 6.45) is 2.61. The van der Waals surface area contributed by atoms with E-state index in [-0.39, 0.29) is 12.5 Å². The van der Waals surface area contributed by atoms with E-state index in [0.29, 0.717) is 13.2 Å². The van der Waals surface area contributed by atoms with Gasteiger partial charge in [0.2, 0.25) is 5.91 Å². The van der Waals surface area contributed by atoms with Crippen LogP contribution in [0.4, 0.5) is 0 Å². The second-order valence-electron chi connectivity index (χ2n) is 4.02. The maximum atomic E-state index is 12.0. The van der Waals surface area contributed by atoms with Gasteiger partial charge in [-0.3, -0.25) is 4.79 Å². The highest BCUT2D eigenvalue weighted by atomic mass is 32.1. The van der Waals surface area contributed by atoms with Gasteiger partial charge in [0.1, 0.15) is 0 Å². The van der Waals surface area contributed by atoms with E-state index in [1.165, 1.54) is 13.2 Å². The van der Waals surface area contributed by atoms with Gasteiger partial charge in [0, 0.05) is 17.5 Å². The molecule has 19 heavy (non-hydrogen) atoms. The smallest absolute Gasteiger partial charge is 0.336 e. The lowest BCUT2D eigenvalue weighted by molar-refractivity contribution is -0.161. The molecule has 1 fully saturated rings. The summed E-state index contributed by atoms with van der Waals surface area (Å²) in [5.74, 6) is -0.565. The van der Waals surface area contributed by atoms with Gasteiger partial charge in [-0.1, -0.05) is 6.07 Å². The van der Waals surface area contributed by atoms with Crippen LogP contribution in [-0.4, -0.2) is 49.7 Å². The number of hydrogen-bond donors (Lipinski definition) is 0. The average molecular weight is 281 g/mol. The summed E-state index contributed by atoms with van der Waals surface area (Å²) in [4.78, 5) is 26.0. The Kier molecular flexibility index (Phi) is 4.70. The molecule has 0 N–H and O–H groups in total. The molecule has 0 aliphatic carbocycles. The van der Waals surface area contributed by atoms with Crippen molar-refractivity contribution in [2.24, 2.45) is 0 Å². The zero-order chi connectivity index (χ0) is 13.7. The van der Waals surface area contributed by atoms with Crippen molar-refractivity contribution in [2.45, 2.75) is 6.10 Å². The van der Waals surface area contributed by atoms with Crippen LogP contribution < -0.4 is 0 Å². The van der Waals surface area contributed by atoms with Crippen molar-refractivity contribution in [3.05, 3.63) is 28.5 Å². The number of amides is 1. The highest BCUT2D eigenvalue weighted by Crippen LogP contribution is 2.12. The molecule has 0 radical (unpaired) electrons. The number of carbonyl (C=O) groups is 2. The molecular weight excluding hydrogens is 266 g/mol. The summed E-state index contributed by atoms with van der Waals surface area (Å²) in [6.45, 7) is 1.07. The molecule has 102 valence electrons. The zero-order valence-corrected chi connectivity index (χ0v) is 11.4. The predicted octanol–water partition coefficient (Wildman–Crippen LogP) is 1.16. The molecule has 2 heterocycles. The normalized spacial score (nSPS) is 19.6. The molecule has 1 aliphatic heterocycles. The molecule has 2 rings (SSSR count). The van der Waals surface area contributed by atoms with Gasteiger partial charge in [-0.25, -0.2) is 4.79 Å². The molecule has 0 spiro atoms. The van der Waals surface area contributed by atoms with Crippen molar-refractivity contribution in [3.63, 3.8) is 0 Å². The van der Waals surface area contributed by atoms with Crippen molar-refractivity contribution in [1.29, 1.82) is 0 Å². The average Bonchev–Trinajstić information content (AvgIpc) is 2.97. The van der Waals surface area contributed by atoms with Crippen molar-refractivity contribution in [1.82, 2.24) is 4.90 Å². The summed E-state index contributed by atoms with van der Waals surface area (Å²) >= 11 is 1.56. The van der Waals surface area contributed by atoms with E-state index in [0.717, 1.165) is 4.88 Å². The summed E-state index contributed by atoms with van der Waals surface area (Å²) in [5.41, 5.74) is 0. The van der Waals surface area contributed by atoms with E-state index in [4.69, 9.17) is 4.74 Å². The third kappa shape index (κ3) is 3.65. The predicted molar refractivity (Wildman–Crippen MR) is 71.7 cm³/mol. The van der Waals surface area contributed by atoms with E-state index in [9.17, 15) is 9.59 Å². The number of hydrogen-bond acceptors (Lipinski definition) is 5. The van der Waals surface area contributed by atoms with Crippen molar-refractivity contribution >= 4 is 29.3 Å². The van der Waals surface area contributed by atoms with E-state index in [1.54, 1.807) is 22.3 Å². The van der Waals surface area contributed by atoms with E-state index < -0.39 is 12.1 Å². The van der Waals surface area contributed by atoms with E-state index >= 15 is 0 Å². The number of thiophene rings is 1. The fraction of sp³-hybridized carbons (Fsp3) is 0.385. The molecule has 1 amide bonds. The molecule has 0 aromatic carbocycles. The van der Waals surface area contributed by atoms with Crippen LogP contribution in [0.1, 0.15) is 4.88 Å². The Bertz CT molecular complexity index is 469. The van der Waals surface area contributed by atoms with Gasteiger partial charge < -0.3 is 14.4 Å². The molecule has 1 aromatic rings. The van der Waals surface area contributed by atoms with Crippen LogP contribution in [0.2, 0.25) is 0 Å². The first-order valence-electron chi connectivity index (χ1n) is 5.90. The maximum absolute atomic E-state index is 12.0. The third-order valence-corrected chi connectivity index (χ3v) is 3.61. The van der Waals surface area contributed by atoms with Crippen molar-refractivity contribution in [3.8, 4) is 0 Å². The highest BCUT2D eigenvalue weighted by molar-refractivity contribution is 7.10. The largest absolute Gasteiger partial charge is 0.467 e. The standard InChI is InChI=1S/C13H15NO4S/c1-17-13(16)11-9-14(6-7-18-11)12(15)5-4-10-3-2-8-19-10/h2-5,8,11H,6-7,9H2,1H3/b5-4+. The van der Waals surface area contributed by atoms with Gasteiger partial charge in [0.15, 0.2) is 6.10 Å². The molecule has 0 bridgehead atoms. The second-order valence-corrected chi connectivity index (χ2v) is 4.99. The second kappa shape index (κ2) is 6.49. The van der Waals surface area contributed by atoms with Gasteiger partial charge in [-0.05, 0) is 17.5 Å². The van der Waals surface area contributed by atoms with Crippen molar-refractivity contribution in [2.75, 3.05) is 26.8 Å². The first kappa shape index (κ1) is 13.8. The Balaban J connectivity index is 1.93. The lowest BCUT2D eigenvalue weighted by Gasteiger charge is -2.30. The number of methoxy groups -OCH3 is 1. The highest BCUT2D eigenvalue weighted by Gasteiger charge is 2.28. The summed E-state index contributed by atoms with van der Waals surface area (Å²) < 4.78 is 9.89. The van der Waals surface area contributed by atoms with Crippen LogP contribution in [0.25, 0.3) is 6.08 Å². The monoisotopic (exact) mass is 281 g/mol. The van der Waals surface area contributed by atoms with Crippen LogP contribution in [0.5, 0.6) is 0 Å². The van der Waals surface area contributed by atoms with Crippen LogP contribution in [0, 0.1) is 0 Å². The molecule has 1 aromatic heterocycles. The first-order valence-corrected chi connectivity index (χ1v) is 6.78. The van der Waals surface area contributed by atoms with Gasteiger partial charge in [0.25, 0.3) is 0 Å². The fourth-order valence-corrected chi connectivity index (χ4v) is 2.39.